The molecule has 0 bridgehead atoms. The summed E-state index contributed by atoms with van der Waals surface area (Å²) in [6.45, 7) is 10.7. The van der Waals surface area contributed by atoms with Gasteiger partial charge in [0.15, 0.2) is 0 Å². The standard InChI is InChI=1S/C16H22ClN3O/c1-9-7-18-14(10(2)16(9)21-6)8-20-13(5)15(11(3)17)12(4)19-20/h7,11H,8H2,1-6H3. The number of aryl methyl sites for hydroxylation is 2. The third-order valence-electron chi connectivity index (χ3n) is 3.88. The monoisotopic (exact) mass is 307 g/mol. The molecule has 0 radical (unpaired) electrons. The summed E-state index contributed by atoms with van der Waals surface area (Å²) in [5.74, 6) is 0.896. The fraction of sp³-hybridized carbons (Fsp3) is 0.500. The first-order valence-corrected chi connectivity index (χ1v) is 7.47. The van der Waals surface area contributed by atoms with E-state index in [9.17, 15) is 0 Å². The normalized spacial score (nSPS) is 12.5. The summed E-state index contributed by atoms with van der Waals surface area (Å²) in [5, 5.41) is 4.56. The minimum atomic E-state index is -0.0413. The molecule has 0 aliphatic rings. The first-order chi connectivity index (χ1) is 9.86. The summed E-state index contributed by atoms with van der Waals surface area (Å²) in [7, 11) is 1.69. The molecule has 0 N–H and O–H groups in total. The molecule has 0 amide bonds. The van der Waals surface area contributed by atoms with Gasteiger partial charge in [-0.15, -0.1) is 11.6 Å². The van der Waals surface area contributed by atoms with E-state index in [1.54, 1.807) is 7.11 Å². The zero-order chi connectivity index (χ0) is 15.7. The molecule has 0 aliphatic carbocycles. The second-order valence-electron chi connectivity index (χ2n) is 5.40. The van der Waals surface area contributed by atoms with Gasteiger partial charge in [-0.1, -0.05) is 0 Å². The van der Waals surface area contributed by atoms with Gasteiger partial charge in [0, 0.05) is 28.6 Å². The Bertz CT molecular complexity index is 662. The Hall–Kier alpha value is -1.55. The second kappa shape index (κ2) is 6.06. The number of halogens is 1. The van der Waals surface area contributed by atoms with Crippen molar-refractivity contribution in [3.8, 4) is 5.75 Å². The number of aromatic nitrogens is 3. The van der Waals surface area contributed by atoms with Crippen LogP contribution in [0.2, 0.25) is 0 Å². The number of pyridine rings is 1. The van der Waals surface area contributed by atoms with Crippen LogP contribution >= 0.6 is 11.6 Å². The van der Waals surface area contributed by atoms with Crippen LogP contribution in [0.4, 0.5) is 0 Å². The van der Waals surface area contributed by atoms with Crippen molar-refractivity contribution in [2.75, 3.05) is 7.11 Å². The van der Waals surface area contributed by atoms with Gasteiger partial charge in [-0.3, -0.25) is 9.67 Å². The van der Waals surface area contributed by atoms with E-state index in [0.717, 1.165) is 39.5 Å². The highest BCUT2D eigenvalue weighted by molar-refractivity contribution is 6.20. The minimum absolute atomic E-state index is 0.0413. The van der Waals surface area contributed by atoms with E-state index in [4.69, 9.17) is 16.3 Å². The van der Waals surface area contributed by atoms with E-state index in [0.29, 0.717) is 6.54 Å². The molecule has 0 spiro atoms. The van der Waals surface area contributed by atoms with Crippen molar-refractivity contribution < 1.29 is 4.74 Å². The predicted molar refractivity (Wildman–Crippen MR) is 85.3 cm³/mol. The number of hydrogen-bond acceptors (Lipinski definition) is 3. The Morgan fingerprint density at radius 2 is 1.95 bits per heavy atom. The molecule has 1 atom stereocenters. The number of methoxy groups -OCH3 is 1. The summed E-state index contributed by atoms with van der Waals surface area (Å²) in [4.78, 5) is 4.53. The van der Waals surface area contributed by atoms with E-state index in [1.807, 2.05) is 38.6 Å². The van der Waals surface area contributed by atoms with Gasteiger partial charge in [-0.25, -0.2) is 0 Å². The van der Waals surface area contributed by atoms with Crippen LogP contribution in [-0.4, -0.2) is 21.9 Å². The maximum Gasteiger partial charge on any atom is 0.128 e. The molecule has 0 aliphatic heterocycles. The fourth-order valence-electron chi connectivity index (χ4n) is 2.81. The van der Waals surface area contributed by atoms with Crippen molar-refractivity contribution >= 4 is 11.6 Å². The number of nitrogens with zero attached hydrogens (tertiary/aromatic N) is 3. The van der Waals surface area contributed by atoms with Gasteiger partial charge in [-0.2, -0.15) is 5.10 Å². The molecule has 2 aromatic heterocycles. The lowest BCUT2D eigenvalue weighted by Crippen LogP contribution is -2.09. The van der Waals surface area contributed by atoms with Gasteiger partial charge in [0.05, 0.1) is 30.4 Å². The molecular formula is C16H22ClN3O. The Morgan fingerprint density at radius 3 is 2.48 bits per heavy atom. The molecule has 21 heavy (non-hydrogen) atoms. The lowest BCUT2D eigenvalue weighted by Gasteiger charge is -2.13. The number of alkyl halides is 1. The SMILES string of the molecule is COc1c(C)cnc(Cn2nc(C)c(C(C)Cl)c2C)c1C. The molecule has 0 saturated heterocycles. The molecule has 0 saturated carbocycles. The van der Waals surface area contributed by atoms with Crippen LogP contribution in [0.25, 0.3) is 0 Å². The largest absolute Gasteiger partial charge is 0.496 e. The van der Waals surface area contributed by atoms with Crippen molar-refractivity contribution in [2.45, 2.75) is 46.5 Å². The van der Waals surface area contributed by atoms with Gasteiger partial charge in [-0.05, 0) is 34.6 Å². The third-order valence-corrected chi connectivity index (χ3v) is 4.10. The summed E-state index contributed by atoms with van der Waals surface area (Å²) in [6, 6.07) is 0. The lowest BCUT2D eigenvalue weighted by molar-refractivity contribution is 0.406. The minimum Gasteiger partial charge on any atom is -0.496 e. The zero-order valence-electron chi connectivity index (χ0n) is 13.5. The molecule has 5 heteroatoms. The lowest BCUT2D eigenvalue weighted by atomic mass is 10.1. The van der Waals surface area contributed by atoms with E-state index < -0.39 is 0 Å². The summed E-state index contributed by atoms with van der Waals surface area (Å²) in [5.41, 5.74) is 6.25. The Labute approximate surface area is 131 Å². The zero-order valence-corrected chi connectivity index (χ0v) is 14.2. The van der Waals surface area contributed by atoms with Crippen LogP contribution < -0.4 is 4.74 Å². The first-order valence-electron chi connectivity index (χ1n) is 7.03. The average Bonchev–Trinajstić information content (AvgIpc) is 2.68. The molecule has 1 unspecified atom stereocenters. The molecule has 114 valence electrons. The van der Waals surface area contributed by atoms with Gasteiger partial charge >= 0.3 is 0 Å². The van der Waals surface area contributed by atoms with Gasteiger partial charge in [0.25, 0.3) is 0 Å². The highest BCUT2D eigenvalue weighted by Crippen LogP contribution is 2.28. The molecule has 0 fully saturated rings. The van der Waals surface area contributed by atoms with Crippen molar-refractivity contribution in [2.24, 2.45) is 0 Å². The topological polar surface area (TPSA) is 39.9 Å². The van der Waals surface area contributed by atoms with Crippen LogP contribution in [-0.2, 0) is 6.54 Å². The van der Waals surface area contributed by atoms with E-state index in [-0.39, 0.29) is 5.38 Å². The van der Waals surface area contributed by atoms with Crippen LogP contribution in [0.15, 0.2) is 6.20 Å². The van der Waals surface area contributed by atoms with Gasteiger partial charge in [0.2, 0.25) is 0 Å². The molecule has 0 aromatic carbocycles. The van der Waals surface area contributed by atoms with Crippen molar-refractivity contribution in [1.29, 1.82) is 0 Å². The highest BCUT2D eigenvalue weighted by Gasteiger charge is 2.17. The predicted octanol–water partition coefficient (Wildman–Crippen LogP) is 3.87. The summed E-state index contributed by atoms with van der Waals surface area (Å²) >= 11 is 6.24. The molecule has 2 heterocycles. The van der Waals surface area contributed by atoms with Crippen LogP contribution in [0.3, 0.4) is 0 Å². The fourth-order valence-corrected chi connectivity index (χ4v) is 3.13. The van der Waals surface area contributed by atoms with E-state index in [1.165, 1.54) is 0 Å². The van der Waals surface area contributed by atoms with Crippen molar-refractivity contribution in [3.63, 3.8) is 0 Å². The number of rotatable bonds is 4. The van der Waals surface area contributed by atoms with Crippen LogP contribution in [0, 0.1) is 27.7 Å². The first kappa shape index (κ1) is 15.8. The van der Waals surface area contributed by atoms with Crippen LogP contribution in [0.5, 0.6) is 5.75 Å². The summed E-state index contributed by atoms with van der Waals surface area (Å²) < 4.78 is 7.43. The van der Waals surface area contributed by atoms with Crippen molar-refractivity contribution in [1.82, 2.24) is 14.8 Å². The maximum absolute atomic E-state index is 6.24. The molecule has 4 nitrogen and oxygen atoms in total. The molecular weight excluding hydrogens is 286 g/mol. The van der Waals surface area contributed by atoms with Gasteiger partial charge in [0.1, 0.15) is 5.75 Å². The molecule has 2 aromatic rings. The Morgan fingerprint density at radius 1 is 1.29 bits per heavy atom. The third kappa shape index (κ3) is 2.91. The van der Waals surface area contributed by atoms with Gasteiger partial charge < -0.3 is 4.74 Å². The second-order valence-corrected chi connectivity index (χ2v) is 6.06. The Balaban J connectivity index is 2.42. The highest BCUT2D eigenvalue weighted by atomic mass is 35.5. The average molecular weight is 308 g/mol. The van der Waals surface area contributed by atoms with Crippen LogP contribution in [0.1, 0.15) is 46.1 Å². The number of hydrogen-bond donors (Lipinski definition) is 0. The maximum atomic E-state index is 6.24. The quantitative estimate of drug-likeness (QED) is 0.805. The number of ether oxygens (including phenoxy) is 1. The summed E-state index contributed by atoms with van der Waals surface area (Å²) in [6.07, 6.45) is 1.85. The van der Waals surface area contributed by atoms with E-state index in [2.05, 4.69) is 17.0 Å². The Kier molecular flexibility index (Phi) is 4.57. The van der Waals surface area contributed by atoms with Crippen molar-refractivity contribution in [3.05, 3.63) is 40.0 Å². The van der Waals surface area contributed by atoms with E-state index >= 15 is 0 Å². The smallest absolute Gasteiger partial charge is 0.128 e. The molecule has 2 rings (SSSR count).